The van der Waals surface area contributed by atoms with Crippen LogP contribution in [0.2, 0.25) is 0 Å². The number of likely N-dealkylation sites (N-methyl/N-ethyl adjacent to an activating group) is 1. The maximum absolute atomic E-state index is 10.6. The molecule has 18 heavy (non-hydrogen) atoms. The highest BCUT2D eigenvalue weighted by Crippen LogP contribution is 2.28. The van der Waals surface area contributed by atoms with Crippen LogP contribution in [-0.4, -0.2) is 40.7 Å². The first-order valence-corrected chi connectivity index (χ1v) is 6.52. The number of pyridine rings is 1. The van der Waals surface area contributed by atoms with E-state index in [0.29, 0.717) is 12.2 Å². The maximum atomic E-state index is 10.6. The molecule has 1 atom stereocenters. The van der Waals surface area contributed by atoms with Crippen molar-refractivity contribution in [1.82, 2.24) is 9.88 Å². The normalized spacial score (nSPS) is 13.9. The van der Waals surface area contributed by atoms with Gasteiger partial charge in [0.15, 0.2) is 0 Å². The highest BCUT2D eigenvalue weighted by Gasteiger charge is 2.36. The number of anilines is 1. The predicted molar refractivity (Wildman–Crippen MR) is 75.4 cm³/mol. The van der Waals surface area contributed by atoms with E-state index >= 15 is 0 Å². The van der Waals surface area contributed by atoms with Crippen LogP contribution in [-0.2, 0) is 6.42 Å². The summed E-state index contributed by atoms with van der Waals surface area (Å²) in [5, 5.41) is 10.6. The molecule has 4 nitrogen and oxygen atoms in total. The third-order valence-corrected chi connectivity index (χ3v) is 4.01. The SMILES string of the molecule is CCC(CC)(C(O)Cc1ccnc(N)c1)N(C)C. The van der Waals surface area contributed by atoms with Crippen molar-refractivity contribution in [2.75, 3.05) is 19.8 Å². The Kier molecular flexibility index (Phi) is 5.11. The van der Waals surface area contributed by atoms with Gasteiger partial charge in [-0.1, -0.05) is 13.8 Å². The molecule has 0 spiro atoms. The first kappa shape index (κ1) is 14.9. The summed E-state index contributed by atoms with van der Waals surface area (Å²) in [6.45, 7) is 4.24. The number of nitrogens with two attached hydrogens (primary N) is 1. The van der Waals surface area contributed by atoms with Crippen LogP contribution in [0.1, 0.15) is 32.3 Å². The zero-order valence-electron chi connectivity index (χ0n) is 11.8. The van der Waals surface area contributed by atoms with E-state index in [1.54, 1.807) is 6.20 Å². The van der Waals surface area contributed by atoms with Gasteiger partial charge in [0.05, 0.1) is 6.10 Å². The number of aliphatic hydroxyl groups excluding tert-OH is 1. The number of rotatable bonds is 6. The molecule has 1 heterocycles. The van der Waals surface area contributed by atoms with E-state index in [-0.39, 0.29) is 5.54 Å². The molecule has 0 aliphatic rings. The molecule has 4 heteroatoms. The molecule has 0 aliphatic heterocycles. The summed E-state index contributed by atoms with van der Waals surface area (Å²) in [4.78, 5) is 6.10. The lowest BCUT2D eigenvalue weighted by molar-refractivity contribution is -0.0125. The lowest BCUT2D eigenvalue weighted by Crippen LogP contribution is -2.53. The van der Waals surface area contributed by atoms with Crippen molar-refractivity contribution in [2.45, 2.75) is 44.8 Å². The second kappa shape index (κ2) is 6.16. The number of hydrogen-bond acceptors (Lipinski definition) is 4. The highest BCUT2D eigenvalue weighted by molar-refractivity contribution is 5.32. The van der Waals surface area contributed by atoms with Crippen molar-refractivity contribution in [3.63, 3.8) is 0 Å². The van der Waals surface area contributed by atoms with Gasteiger partial charge in [-0.2, -0.15) is 0 Å². The molecule has 3 N–H and O–H groups in total. The molecule has 0 fully saturated rings. The summed E-state index contributed by atoms with van der Waals surface area (Å²) < 4.78 is 0. The third kappa shape index (κ3) is 3.00. The Morgan fingerprint density at radius 2 is 2.00 bits per heavy atom. The summed E-state index contributed by atoms with van der Waals surface area (Å²) in [6, 6.07) is 3.74. The van der Waals surface area contributed by atoms with Crippen LogP contribution in [0.5, 0.6) is 0 Å². The second-order valence-corrected chi connectivity index (χ2v) is 5.01. The van der Waals surface area contributed by atoms with Crippen LogP contribution in [0, 0.1) is 0 Å². The van der Waals surface area contributed by atoms with Gasteiger partial charge in [-0.15, -0.1) is 0 Å². The van der Waals surface area contributed by atoms with Crippen molar-refractivity contribution >= 4 is 5.82 Å². The van der Waals surface area contributed by atoms with Gasteiger partial charge in [0.2, 0.25) is 0 Å². The molecular weight excluding hydrogens is 226 g/mol. The largest absolute Gasteiger partial charge is 0.391 e. The van der Waals surface area contributed by atoms with Gasteiger partial charge in [0.25, 0.3) is 0 Å². The van der Waals surface area contributed by atoms with Crippen LogP contribution in [0.15, 0.2) is 18.3 Å². The Morgan fingerprint density at radius 3 is 2.44 bits per heavy atom. The topological polar surface area (TPSA) is 62.4 Å². The van der Waals surface area contributed by atoms with Gasteiger partial charge in [-0.25, -0.2) is 4.98 Å². The predicted octanol–water partition coefficient (Wildman–Crippen LogP) is 1.69. The molecular formula is C14H25N3O. The van der Waals surface area contributed by atoms with E-state index in [9.17, 15) is 5.11 Å². The van der Waals surface area contributed by atoms with Crippen molar-refractivity contribution in [3.05, 3.63) is 23.9 Å². The monoisotopic (exact) mass is 251 g/mol. The Morgan fingerprint density at radius 1 is 1.39 bits per heavy atom. The summed E-state index contributed by atoms with van der Waals surface area (Å²) >= 11 is 0. The fraction of sp³-hybridized carbons (Fsp3) is 0.643. The van der Waals surface area contributed by atoms with Crippen LogP contribution in [0.4, 0.5) is 5.82 Å². The van der Waals surface area contributed by atoms with Gasteiger partial charge in [-0.3, -0.25) is 0 Å². The van der Waals surface area contributed by atoms with Crippen molar-refractivity contribution in [1.29, 1.82) is 0 Å². The number of aromatic nitrogens is 1. The summed E-state index contributed by atoms with van der Waals surface area (Å²) in [6.07, 6.45) is 3.71. The Balaban J connectivity index is 2.88. The summed E-state index contributed by atoms with van der Waals surface area (Å²) in [5.41, 5.74) is 6.51. The minimum absolute atomic E-state index is 0.183. The van der Waals surface area contributed by atoms with Gasteiger partial charge in [-0.05, 0) is 44.6 Å². The third-order valence-electron chi connectivity index (χ3n) is 4.01. The number of hydrogen-bond donors (Lipinski definition) is 2. The lowest BCUT2D eigenvalue weighted by atomic mass is 9.82. The average molecular weight is 251 g/mol. The van der Waals surface area contributed by atoms with Crippen molar-refractivity contribution < 1.29 is 5.11 Å². The van der Waals surface area contributed by atoms with E-state index in [1.165, 1.54) is 0 Å². The molecule has 0 saturated carbocycles. The molecule has 0 bridgehead atoms. The molecule has 1 unspecified atom stereocenters. The van der Waals surface area contributed by atoms with Crippen LogP contribution < -0.4 is 5.73 Å². The summed E-state index contributed by atoms with van der Waals surface area (Å²) in [5.74, 6) is 0.503. The highest BCUT2D eigenvalue weighted by atomic mass is 16.3. The number of aliphatic hydroxyl groups is 1. The number of nitrogens with zero attached hydrogens (tertiary/aromatic N) is 2. The standard InChI is InChI=1S/C14H25N3O/c1-5-14(6-2,17(3)4)12(18)9-11-7-8-16-13(15)10-11/h7-8,10,12,18H,5-6,9H2,1-4H3,(H2,15,16). The number of nitrogen functional groups attached to an aromatic ring is 1. The van der Waals surface area contributed by atoms with E-state index in [0.717, 1.165) is 18.4 Å². The molecule has 0 amide bonds. The molecule has 0 saturated heterocycles. The van der Waals surface area contributed by atoms with Crippen LogP contribution in [0.3, 0.4) is 0 Å². The molecule has 0 radical (unpaired) electrons. The molecule has 1 aromatic rings. The quantitative estimate of drug-likeness (QED) is 0.807. The van der Waals surface area contributed by atoms with Gasteiger partial charge >= 0.3 is 0 Å². The lowest BCUT2D eigenvalue weighted by Gasteiger charge is -2.42. The van der Waals surface area contributed by atoms with E-state index in [2.05, 4.69) is 23.7 Å². The molecule has 102 valence electrons. The minimum Gasteiger partial charge on any atom is -0.391 e. The zero-order valence-corrected chi connectivity index (χ0v) is 11.8. The zero-order chi connectivity index (χ0) is 13.8. The first-order chi connectivity index (χ1) is 8.46. The molecule has 0 aromatic carbocycles. The maximum Gasteiger partial charge on any atom is 0.123 e. The van der Waals surface area contributed by atoms with Crippen LogP contribution in [0.25, 0.3) is 0 Å². The Bertz CT molecular complexity index is 375. The first-order valence-electron chi connectivity index (χ1n) is 6.52. The average Bonchev–Trinajstić information content (AvgIpc) is 2.30. The molecule has 1 aromatic heterocycles. The van der Waals surface area contributed by atoms with E-state index < -0.39 is 6.10 Å². The van der Waals surface area contributed by atoms with Crippen molar-refractivity contribution in [3.8, 4) is 0 Å². The minimum atomic E-state index is -0.413. The van der Waals surface area contributed by atoms with Gasteiger partial charge < -0.3 is 15.7 Å². The smallest absolute Gasteiger partial charge is 0.123 e. The molecule has 1 rings (SSSR count). The van der Waals surface area contributed by atoms with Crippen molar-refractivity contribution in [2.24, 2.45) is 0 Å². The van der Waals surface area contributed by atoms with E-state index in [1.807, 2.05) is 26.2 Å². The van der Waals surface area contributed by atoms with E-state index in [4.69, 9.17) is 5.73 Å². The molecule has 0 aliphatic carbocycles. The summed E-state index contributed by atoms with van der Waals surface area (Å²) in [7, 11) is 4.05. The second-order valence-electron chi connectivity index (χ2n) is 5.01. The van der Waals surface area contributed by atoms with Gasteiger partial charge in [0, 0.05) is 18.2 Å². The fourth-order valence-electron chi connectivity index (χ4n) is 2.69. The Labute approximate surface area is 110 Å². The fourth-order valence-corrected chi connectivity index (χ4v) is 2.69. The Hall–Kier alpha value is -1.13. The van der Waals surface area contributed by atoms with Gasteiger partial charge in [0.1, 0.15) is 5.82 Å². The van der Waals surface area contributed by atoms with Crippen LogP contribution >= 0.6 is 0 Å².